The van der Waals surface area contributed by atoms with Crippen LogP contribution in [0.1, 0.15) is 219 Å². The van der Waals surface area contributed by atoms with Crippen molar-refractivity contribution >= 4 is 89.2 Å². The van der Waals surface area contributed by atoms with Gasteiger partial charge in [-0.25, -0.2) is 24.2 Å². The Morgan fingerprint density at radius 2 is 0.963 bits per heavy atom. The van der Waals surface area contributed by atoms with Gasteiger partial charge in [-0.2, -0.15) is 25.4 Å². The lowest BCUT2D eigenvalue weighted by molar-refractivity contribution is -0.0588. The van der Waals surface area contributed by atoms with Crippen LogP contribution in [0.15, 0.2) is 85.5 Å². The average molecular weight is 1500 g/mol. The molecule has 0 radical (unpaired) electrons. The molecule has 4 fully saturated rings. The molecule has 27 heteroatoms. The molecule has 572 valence electrons. The number of hydrogen-bond donors (Lipinski definition) is 4. The molecule has 2 saturated heterocycles. The Balaban J connectivity index is 0.000000182. The van der Waals surface area contributed by atoms with Gasteiger partial charge in [-0.1, -0.05) is 50.7 Å². The van der Waals surface area contributed by atoms with E-state index in [1.165, 1.54) is 52.2 Å². The van der Waals surface area contributed by atoms with Gasteiger partial charge in [-0.05, 0) is 188 Å². The molecule has 4 N–H and O–H groups in total. The first-order chi connectivity index (χ1) is 51.0. The molecule has 2 aliphatic carbocycles. The zero-order chi connectivity index (χ0) is 76.7. The van der Waals surface area contributed by atoms with Crippen molar-refractivity contribution in [1.29, 1.82) is 0 Å². The van der Waals surface area contributed by atoms with Gasteiger partial charge >= 0.3 is 26.4 Å². The molecule has 0 bridgehead atoms. The number of carbonyl (C=O) groups excluding carboxylic acids is 3. The molecule has 107 heavy (non-hydrogen) atoms. The van der Waals surface area contributed by atoms with Crippen LogP contribution in [0, 0.1) is 0 Å². The van der Waals surface area contributed by atoms with Crippen LogP contribution in [0.5, 0.6) is 11.5 Å². The van der Waals surface area contributed by atoms with Crippen LogP contribution in [0.3, 0.4) is 0 Å². The number of carbonyl (C=O) groups is 4. The van der Waals surface area contributed by atoms with E-state index in [9.17, 15) is 41.1 Å². The Bertz CT molecular complexity index is 4990. The summed E-state index contributed by atoms with van der Waals surface area (Å²) in [6.07, 6.45) is 19.1. The zero-order valence-corrected chi connectivity index (χ0v) is 65.5. The van der Waals surface area contributed by atoms with Gasteiger partial charge in [-0.15, -0.1) is 0 Å². The summed E-state index contributed by atoms with van der Waals surface area (Å²) in [5.41, 5.74) is 13.4. The standard InChI is InChI=1S/C40H50N6O6S.C34H39N5O6S.C6H13NO/c1-24(2)46-23-41-36(38(46)40(48)44-20-25(3)52-26(4)21-44)30-17-29-18-31(51-7)14-16-32(29)37-35(27-11-9-8-10-12-27)33-15-13-28(19-34(33)45(37)22-30)39(47)42-53(49,50)43(5)6;1-20(2)39-19-35-30(32(39)34(41)42)24-15-23-16-25(45-5)12-14-26(23)31-29(21-9-7-6-8-10-21)27-13-11-22(17-28(27)38(31)18-24)33(40)36-46(43,44)37(3)4;1-5-3-7-4-6(2)8-5/h13-19,23-27H,8-12,20-22H2,1-7H3,(H,42,47);11-17,19-21H,6-10,18H2,1-5H3,(H,36,40)(H,41,42);5-7H,3-4H2,1-2H3/t25-,26+;;5-,6+. The van der Waals surface area contributed by atoms with E-state index in [1.807, 2.05) is 99.6 Å². The van der Waals surface area contributed by atoms with Crippen LogP contribution in [0.2, 0.25) is 0 Å². The van der Waals surface area contributed by atoms with Crippen molar-refractivity contribution in [2.24, 2.45) is 0 Å². The molecule has 4 aliphatic heterocycles. The summed E-state index contributed by atoms with van der Waals surface area (Å²) < 4.78 is 87.3. The SMILES string of the molecule is COc1ccc2c(c1)C=C(c1ncn(C(C)C)c1C(=O)N1C[C@@H](C)O[C@@H](C)C1)Cn1c-2c(C2CCCCC2)c2ccc(C(=O)NS(=O)(=O)N(C)C)cc21.COc1ccc2c(c1)C=C(c1ncn(C(C)C)c1C(=O)O)Cn1c-2c(C2CCCCC2)c2ccc(C(=O)NS(=O)(=O)N(C)C)cc21.C[C@@H]1CNC[C@H](C)O1. The Morgan fingerprint density at radius 3 is 1.34 bits per heavy atom. The minimum atomic E-state index is -4.01. The average Bonchev–Trinajstić information content (AvgIpc) is 1.58. The molecule has 6 aliphatic rings. The molecular weight excluding hydrogens is 1400 g/mol. The fraction of sp³-hybridized carbons (Fsp3) is 0.475. The highest BCUT2D eigenvalue weighted by Crippen LogP contribution is 2.51. The number of nitrogens with one attached hydrogen (secondary N) is 3. The molecule has 4 aromatic carbocycles. The highest BCUT2D eigenvalue weighted by Gasteiger charge is 2.37. The Morgan fingerprint density at radius 1 is 0.561 bits per heavy atom. The Labute approximate surface area is 627 Å². The second kappa shape index (κ2) is 32.1. The molecule has 4 atom stereocenters. The molecule has 4 aromatic heterocycles. The first kappa shape index (κ1) is 77.6. The largest absolute Gasteiger partial charge is 0.497 e. The van der Waals surface area contributed by atoms with Crippen molar-refractivity contribution in [3.63, 3.8) is 0 Å². The van der Waals surface area contributed by atoms with Crippen LogP contribution in [-0.2, 0) is 43.0 Å². The summed E-state index contributed by atoms with van der Waals surface area (Å²) in [6, 6.07) is 22.7. The number of aromatic nitrogens is 6. The second-order valence-electron chi connectivity index (χ2n) is 30.1. The topological polar surface area (TPSA) is 285 Å². The number of hydrogen-bond acceptors (Lipinski definition) is 15. The van der Waals surface area contributed by atoms with Gasteiger partial charge in [-0.3, -0.25) is 14.4 Å². The minimum Gasteiger partial charge on any atom is -0.497 e. The molecule has 14 rings (SSSR count). The zero-order valence-electron chi connectivity index (χ0n) is 63.9. The van der Waals surface area contributed by atoms with E-state index in [-0.39, 0.29) is 59.5 Å². The van der Waals surface area contributed by atoms with Crippen LogP contribution < -0.4 is 24.2 Å². The monoisotopic (exact) mass is 1500 g/mol. The summed E-state index contributed by atoms with van der Waals surface area (Å²) in [7, 11) is 0.724. The fourth-order valence-electron chi connectivity index (χ4n) is 16.1. The molecule has 0 spiro atoms. The molecule has 8 aromatic rings. The second-order valence-corrected chi connectivity index (χ2v) is 33.9. The maximum Gasteiger partial charge on any atom is 0.354 e. The van der Waals surface area contributed by atoms with E-state index in [2.05, 4.69) is 54.9 Å². The van der Waals surface area contributed by atoms with Crippen LogP contribution in [-0.4, -0.2) is 180 Å². The van der Waals surface area contributed by atoms with Crippen LogP contribution in [0.4, 0.5) is 0 Å². The number of nitrogens with zero attached hydrogens (tertiary/aromatic N) is 9. The summed E-state index contributed by atoms with van der Waals surface area (Å²) in [5, 5.41) is 15.6. The highest BCUT2D eigenvalue weighted by molar-refractivity contribution is 7.88. The van der Waals surface area contributed by atoms with E-state index >= 15 is 0 Å². The first-order valence-electron chi connectivity index (χ1n) is 37.2. The van der Waals surface area contributed by atoms with Crippen molar-refractivity contribution in [2.75, 3.05) is 68.6 Å². The minimum absolute atomic E-state index is 0.0229. The van der Waals surface area contributed by atoms with Gasteiger partial charge in [0.15, 0.2) is 5.69 Å². The third-order valence-electron chi connectivity index (χ3n) is 21.3. The van der Waals surface area contributed by atoms with Crippen molar-refractivity contribution in [2.45, 2.75) is 181 Å². The van der Waals surface area contributed by atoms with Crippen molar-refractivity contribution in [3.8, 4) is 34.0 Å². The number of rotatable bonds is 16. The molecule has 0 unspecified atom stereocenters. The number of imidazole rings is 2. The third kappa shape index (κ3) is 16.1. The van der Waals surface area contributed by atoms with Crippen LogP contribution in [0.25, 0.3) is 67.6 Å². The summed E-state index contributed by atoms with van der Waals surface area (Å²) >= 11 is 0. The molecular formula is C80H102N12O13S2. The lowest BCUT2D eigenvalue weighted by Crippen LogP contribution is -2.48. The summed E-state index contributed by atoms with van der Waals surface area (Å²) in [4.78, 5) is 65.4. The van der Waals surface area contributed by atoms with Gasteiger partial charge in [0, 0.05) is 122 Å². The number of allylic oxidation sites excluding steroid dienone is 2. The Hall–Kier alpha value is -8.96. The van der Waals surface area contributed by atoms with E-state index in [4.69, 9.17) is 23.9 Å². The summed E-state index contributed by atoms with van der Waals surface area (Å²) in [5.74, 6) is -0.631. The van der Waals surface area contributed by atoms with Gasteiger partial charge in [0.2, 0.25) is 0 Å². The normalized spacial score (nSPS) is 19.3. The lowest BCUT2D eigenvalue weighted by atomic mass is 9.81. The van der Waals surface area contributed by atoms with E-state index in [0.29, 0.717) is 71.9 Å². The number of aromatic carboxylic acids is 1. The van der Waals surface area contributed by atoms with Gasteiger partial charge in [0.1, 0.15) is 22.9 Å². The molecule has 3 amide bonds. The van der Waals surface area contributed by atoms with Crippen molar-refractivity contribution in [3.05, 3.63) is 142 Å². The number of fused-ring (bicyclic) bond motifs is 10. The number of benzene rings is 4. The fourth-order valence-corrected chi connectivity index (χ4v) is 17.1. The van der Waals surface area contributed by atoms with Gasteiger partial charge in [0.25, 0.3) is 17.7 Å². The summed E-state index contributed by atoms with van der Waals surface area (Å²) in [6.45, 7) is 19.7. The molecule has 25 nitrogen and oxygen atoms in total. The predicted octanol–water partition coefficient (Wildman–Crippen LogP) is 12.8. The molecule has 2 saturated carbocycles. The number of amides is 3. The maximum atomic E-state index is 14.6. The Kier molecular flexibility index (Phi) is 23.3. The third-order valence-corrected chi connectivity index (χ3v) is 24.1. The lowest BCUT2D eigenvalue weighted by Gasteiger charge is -2.35. The number of carboxylic acids is 1. The molecule has 8 heterocycles. The van der Waals surface area contributed by atoms with Gasteiger partial charge < -0.3 is 52.5 Å². The van der Waals surface area contributed by atoms with E-state index < -0.39 is 38.2 Å². The van der Waals surface area contributed by atoms with Crippen molar-refractivity contribution < 1.29 is 60.1 Å². The maximum absolute atomic E-state index is 14.6. The quantitative estimate of drug-likeness (QED) is 0.0699. The van der Waals surface area contributed by atoms with Crippen molar-refractivity contribution in [1.82, 2.24) is 56.5 Å². The van der Waals surface area contributed by atoms with E-state index in [0.717, 1.165) is 134 Å². The number of methoxy groups -OCH3 is 2. The predicted molar refractivity (Wildman–Crippen MR) is 416 cm³/mol. The van der Waals surface area contributed by atoms with E-state index in [1.54, 1.807) is 55.7 Å². The number of morpholine rings is 2. The smallest absolute Gasteiger partial charge is 0.354 e. The van der Waals surface area contributed by atoms with Gasteiger partial charge in [0.05, 0.1) is 81.5 Å². The first-order valence-corrected chi connectivity index (χ1v) is 40.1. The van der Waals surface area contributed by atoms with Crippen LogP contribution >= 0.6 is 0 Å². The number of ether oxygens (including phenoxy) is 4. The number of carboxylic acid groups (broad SMARTS) is 1. The highest BCUT2D eigenvalue weighted by atomic mass is 32.2.